The smallest absolute Gasteiger partial charge is 0.254 e. The van der Waals surface area contributed by atoms with E-state index in [4.69, 9.17) is 11.6 Å². The molecule has 0 fully saturated rings. The number of fused-ring (bicyclic) bond motifs is 1. The molecule has 1 N–H and O–H groups in total. The molecule has 1 amide bonds. The number of halogens is 1. The summed E-state index contributed by atoms with van der Waals surface area (Å²) in [7, 11) is 0. The molecule has 0 aliphatic rings. The van der Waals surface area contributed by atoms with Crippen molar-refractivity contribution in [2.75, 3.05) is 5.32 Å². The summed E-state index contributed by atoms with van der Waals surface area (Å²) in [5, 5.41) is 4.13. The van der Waals surface area contributed by atoms with E-state index in [1.807, 2.05) is 30.3 Å². The number of anilines is 1. The number of hydrogen-bond acceptors (Lipinski definition) is 2. The van der Waals surface area contributed by atoms with E-state index in [0.29, 0.717) is 16.3 Å². The van der Waals surface area contributed by atoms with E-state index >= 15 is 0 Å². The van der Waals surface area contributed by atoms with Crippen LogP contribution >= 0.6 is 11.6 Å². The zero-order chi connectivity index (χ0) is 16.4. The van der Waals surface area contributed by atoms with Crippen LogP contribution in [0.25, 0.3) is 10.9 Å². The van der Waals surface area contributed by atoms with Crippen LogP contribution in [0.4, 0.5) is 5.69 Å². The Hall–Kier alpha value is -2.59. The van der Waals surface area contributed by atoms with Gasteiger partial charge in [0, 0.05) is 5.56 Å². The van der Waals surface area contributed by atoms with Gasteiger partial charge >= 0.3 is 0 Å². The largest absolute Gasteiger partial charge is 0.323 e. The summed E-state index contributed by atoms with van der Waals surface area (Å²) in [6, 6.07) is 16.3. The van der Waals surface area contributed by atoms with Crippen LogP contribution in [-0.4, -0.2) is 10.5 Å². The van der Waals surface area contributed by atoms with Crippen molar-refractivity contribution in [3.63, 3.8) is 0 Å². The molecular formula is C18H15ClN2O2. The highest BCUT2D eigenvalue weighted by molar-refractivity contribution is 6.33. The first kappa shape index (κ1) is 15.3. The minimum atomic E-state index is -0.295. The number of amides is 1. The maximum atomic E-state index is 12.4. The Morgan fingerprint density at radius 2 is 1.83 bits per heavy atom. The standard InChI is InChI=1S/C18H15ClN2O2/c1-12-10-13-6-2-5-9-16(13)21(18(12)23)11-17(22)20-15-8-4-3-7-14(15)19/h2-10H,11H2,1H3,(H,20,22). The molecule has 116 valence electrons. The lowest BCUT2D eigenvalue weighted by atomic mass is 10.1. The summed E-state index contributed by atoms with van der Waals surface area (Å²) in [4.78, 5) is 24.7. The molecule has 0 saturated heterocycles. The third-order valence-corrected chi connectivity index (χ3v) is 3.96. The van der Waals surface area contributed by atoms with Gasteiger partial charge in [-0.25, -0.2) is 0 Å². The zero-order valence-electron chi connectivity index (χ0n) is 12.5. The quantitative estimate of drug-likeness (QED) is 0.799. The van der Waals surface area contributed by atoms with Crippen molar-refractivity contribution in [3.8, 4) is 0 Å². The molecule has 3 rings (SSSR count). The molecule has 3 aromatic rings. The Labute approximate surface area is 138 Å². The van der Waals surface area contributed by atoms with E-state index < -0.39 is 0 Å². The van der Waals surface area contributed by atoms with Crippen LogP contribution < -0.4 is 10.9 Å². The Morgan fingerprint density at radius 1 is 1.13 bits per heavy atom. The van der Waals surface area contributed by atoms with Crippen molar-refractivity contribution >= 4 is 34.1 Å². The van der Waals surface area contributed by atoms with Gasteiger partial charge in [-0.05, 0) is 36.6 Å². The van der Waals surface area contributed by atoms with Gasteiger partial charge in [0.2, 0.25) is 5.91 Å². The average molecular weight is 327 g/mol. The molecule has 23 heavy (non-hydrogen) atoms. The lowest BCUT2D eigenvalue weighted by molar-refractivity contribution is -0.116. The number of nitrogens with one attached hydrogen (secondary N) is 1. The van der Waals surface area contributed by atoms with E-state index in [-0.39, 0.29) is 18.0 Å². The van der Waals surface area contributed by atoms with Crippen LogP contribution in [0.3, 0.4) is 0 Å². The second kappa shape index (κ2) is 6.26. The number of hydrogen-bond donors (Lipinski definition) is 1. The minimum absolute atomic E-state index is 0.0632. The van der Waals surface area contributed by atoms with Crippen LogP contribution in [0.2, 0.25) is 5.02 Å². The summed E-state index contributed by atoms with van der Waals surface area (Å²) in [5.74, 6) is -0.295. The van der Waals surface area contributed by atoms with Crippen molar-refractivity contribution in [2.45, 2.75) is 13.5 Å². The molecule has 0 spiro atoms. The summed E-state index contributed by atoms with van der Waals surface area (Å²) in [6.45, 7) is 1.68. The van der Waals surface area contributed by atoms with E-state index in [1.165, 1.54) is 4.57 Å². The third-order valence-electron chi connectivity index (χ3n) is 3.63. The Bertz CT molecular complexity index is 947. The van der Waals surface area contributed by atoms with Gasteiger partial charge < -0.3 is 5.32 Å². The summed E-state index contributed by atoms with van der Waals surface area (Å²) < 4.78 is 1.48. The third kappa shape index (κ3) is 3.12. The molecule has 1 aromatic heterocycles. The average Bonchev–Trinajstić information content (AvgIpc) is 2.54. The molecule has 1 heterocycles. The van der Waals surface area contributed by atoms with Gasteiger partial charge in [0.25, 0.3) is 5.56 Å². The van der Waals surface area contributed by atoms with Crippen molar-refractivity contribution < 1.29 is 4.79 Å². The van der Waals surface area contributed by atoms with Crippen LogP contribution in [-0.2, 0) is 11.3 Å². The fourth-order valence-electron chi connectivity index (χ4n) is 2.53. The highest BCUT2D eigenvalue weighted by Gasteiger charge is 2.11. The lowest BCUT2D eigenvalue weighted by Crippen LogP contribution is -2.29. The van der Waals surface area contributed by atoms with E-state index in [1.54, 1.807) is 31.2 Å². The number of carbonyl (C=O) groups excluding carboxylic acids is 1. The second-order valence-electron chi connectivity index (χ2n) is 5.31. The highest BCUT2D eigenvalue weighted by Crippen LogP contribution is 2.20. The van der Waals surface area contributed by atoms with Gasteiger partial charge in [0.1, 0.15) is 6.54 Å². The van der Waals surface area contributed by atoms with Crippen molar-refractivity contribution in [1.29, 1.82) is 0 Å². The molecule has 0 unspecified atom stereocenters. The van der Waals surface area contributed by atoms with Crippen molar-refractivity contribution in [3.05, 3.63) is 75.5 Å². The van der Waals surface area contributed by atoms with E-state index in [9.17, 15) is 9.59 Å². The van der Waals surface area contributed by atoms with Crippen LogP contribution in [0.5, 0.6) is 0 Å². The SMILES string of the molecule is Cc1cc2ccccc2n(CC(=O)Nc2ccccc2Cl)c1=O. The molecule has 0 atom stereocenters. The predicted molar refractivity (Wildman–Crippen MR) is 93.0 cm³/mol. The maximum absolute atomic E-state index is 12.4. The molecular weight excluding hydrogens is 312 g/mol. The number of para-hydroxylation sites is 2. The van der Waals surface area contributed by atoms with Crippen molar-refractivity contribution in [2.24, 2.45) is 0 Å². The van der Waals surface area contributed by atoms with E-state index in [2.05, 4.69) is 5.32 Å². The van der Waals surface area contributed by atoms with Gasteiger partial charge in [0.05, 0.1) is 16.2 Å². The van der Waals surface area contributed by atoms with Gasteiger partial charge in [-0.15, -0.1) is 0 Å². The molecule has 0 saturated carbocycles. The number of aryl methyl sites for hydroxylation is 1. The fourth-order valence-corrected chi connectivity index (χ4v) is 2.71. The first-order chi connectivity index (χ1) is 11.1. The van der Waals surface area contributed by atoms with Crippen molar-refractivity contribution in [1.82, 2.24) is 4.57 Å². The molecule has 0 bridgehead atoms. The number of nitrogens with zero attached hydrogens (tertiary/aromatic N) is 1. The van der Waals surface area contributed by atoms with Crippen LogP contribution in [0.15, 0.2) is 59.4 Å². The number of rotatable bonds is 3. The molecule has 0 radical (unpaired) electrons. The van der Waals surface area contributed by atoms with E-state index in [0.717, 1.165) is 10.9 Å². The Balaban J connectivity index is 1.95. The number of benzene rings is 2. The zero-order valence-corrected chi connectivity index (χ0v) is 13.3. The monoisotopic (exact) mass is 326 g/mol. The predicted octanol–water partition coefficient (Wildman–Crippen LogP) is 3.60. The maximum Gasteiger partial charge on any atom is 0.254 e. The molecule has 0 aliphatic heterocycles. The normalized spacial score (nSPS) is 10.7. The second-order valence-corrected chi connectivity index (χ2v) is 5.71. The Morgan fingerprint density at radius 3 is 2.61 bits per heavy atom. The van der Waals surface area contributed by atoms with Gasteiger partial charge in [0.15, 0.2) is 0 Å². The number of pyridine rings is 1. The topological polar surface area (TPSA) is 51.1 Å². The minimum Gasteiger partial charge on any atom is -0.323 e. The molecule has 5 heteroatoms. The van der Waals surface area contributed by atoms with Gasteiger partial charge in [-0.1, -0.05) is 41.9 Å². The summed E-state index contributed by atoms with van der Waals surface area (Å²) in [6.07, 6.45) is 0. The Kier molecular flexibility index (Phi) is 4.17. The van der Waals surface area contributed by atoms with Crippen LogP contribution in [0, 0.1) is 6.92 Å². The number of carbonyl (C=O) groups is 1. The first-order valence-corrected chi connectivity index (χ1v) is 7.57. The first-order valence-electron chi connectivity index (χ1n) is 7.20. The summed E-state index contributed by atoms with van der Waals surface area (Å²) >= 11 is 6.04. The van der Waals surface area contributed by atoms with Gasteiger partial charge in [-0.2, -0.15) is 0 Å². The lowest BCUT2D eigenvalue weighted by Gasteiger charge is -2.12. The molecule has 2 aromatic carbocycles. The van der Waals surface area contributed by atoms with Gasteiger partial charge in [-0.3, -0.25) is 14.2 Å². The summed E-state index contributed by atoms with van der Waals surface area (Å²) in [5.41, 5.74) is 1.70. The fraction of sp³-hybridized carbons (Fsp3) is 0.111. The highest BCUT2D eigenvalue weighted by atomic mass is 35.5. The molecule has 0 aliphatic carbocycles. The molecule has 4 nitrogen and oxygen atoms in total. The van der Waals surface area contributed by atoms with Crippen LogP contribution in [0.1, 0.15) is 5.56 Å². The number of aromatic nitrogens is 1.